The zero-order chi connectivity index (χ0) is 34.7. The standard InChI is InChI=1S/C40H46O4.2ClH.2Zn/c1-5-21-41-37-29-13-9-14-30(37)26-32-16-11-18-34(39(32)43-23-7-3)28-36-20-12-19-35(40(36)44-24-8-4)27-33-17-10-15-31(25-29)38(33)42-22-6-2;;;;/h9,12-20H,5-8,21-28H2,1-4H3;2*1H;;/q-2;;;2*+2/p-2. The van der Waals surface area contributed by atoms with Gasteiger partial charge in [-0.25, -0.2) is 0 Å². The van der Waals surface area contributed by atoms with E-state index in [0.29, 0.717) is 52.1 Å². The normalized spacial score (nSPS) is 11.7. The van der Waals surface area contributed by atoms with Crippen LogP contribution in [0.15, 0.2) is 60.7 Å². The summed E-state index contributed by atoms with van der Waals surface area (Å²) in [7, 11) is 9.53. The fraction of sp³-hybridized carbons (Fsp3) is 0.400. The molecule has 48 heavy (non-hydrogen) atoms. The summed E-state index contributed by atoms with van der Waals surface area (Å²) in [4.78, 5) is 0. The first-order valence-corrected chi connectivity index (χ1v) is 24.8. The molecule has 0 aliphatic heterocycles. The van der Waals surface area contributed by atoms with Gasteiger partial charge in [-0.05, 0) is 73.6 Å². The topological polar surface area (TPSA) is 36.9 Å². The number of fused-ring (bicyclic) bond motifs is 8. The molecule has 0 aromatic heterocycles. The van der Waals surface area contributed by atoms with E-state index < -0.39 is 0 Å². The first kappa shape index (κ1) is 40.3. The number of para-hydroxylation sites is 2. The predicted molar refractivity (Wildman–Crippen MR) is 190 cm³/mol. The van der Waals surface area contributed by atoms with Crippen LogP contribution < -0.4 is 18.9 Å². The minimum atomic E-state index is 0.661. The molecule has 0 heterocycles. The van der Waals surface area contributed by atoms with Crippen LogP contribution in [0.5, 0.6) is 23.0 Å². The van der Waals surface area contributed by atoms with Gasteiger partial charge in [-0.15, -0.1) is 22.3 Å². The predicted octanol–water partition coefficient (Wildman–Crippen LogP) is 10.5. The second kappa shape index (κ2) is 22.6. The molecule has 0 fully saturated rings. The van der Waals surface area contributed by atoms with Crippen LogP contribution in [0.25, 0.3) is 0 Å². The molecule has 0 saturated heterocycles. The summed E-state index contributed by atoms with van der Waals surface area (Å²) in [5.74, 6) is 3.82. The molecule has 0 amide bonds. The van der Waals surface area contributed by atoms with Crippen molar-refractivity contribution in [3.63, 3.8) is 0 Å². The fourth-order valence-corrected chi connectivity index (χ4v) is 5.90. The first-order chi connectivity index (χ1) is 23.7. The van der Waals surface area contributed by atoms with E-state index in [4.69, 9.17) is 38.3 Å². The van der Waals surface area contributed by atoms with Crippen molar-refractivity contribution < 1.29 is 53.6 Å². The zero-order valence-electron chi connectivity index (χ0n) is 29.1. The SMILES string of the molecule is CCCOc1c2c[c-]cc1Cc1cccc(c1OCCC)Cc1c[c-]cc(c1OCCC)Cc1cccc(c1OCCC)C2.[Cl][Zn+].[Cl][Zn+]. The van der Waals surface area contributed by atoms with Gasteiger partial charge in [0, 0.05) is 11.5 Å². The summed E-state index contributed by atoms with van der Waals surface area (Å²) in [6.07, 6.45) is 6.54. The Balaban J connectivity index is 0.00000151. The molecule has 4 aromatic carbocycles. The first-order valence-electron chi connectivity index (χ1n) is 17.0. The van der Waals surface area contributed by atoms with Crippen molar-refractivity contribution in [3.05, 3.63) is 117 Å². The van der Waals surface area contributed by atoms with Gasteiger partial charge in [0.1, 0.15) is 11.5 Å². The Kier molecular flexibility index (Phi) is 19.0. The zero-order valence-corrected chi connectivity index (χ0v) is 36.5. The maximum atomic E-state index is 6.52. The van der Waals surface area contributed by atoms with E-state index in [0.717, 1.165) is 128 Å². The summed E-state index contributed by atoms with van der Waals surface area (Å²) in [5.41, 5.74) is 9.10. The molecule has 0 radical (unpaired) electrons. The van der Waals surface area contributed by atoms with Gasteiger partial charge >= 0.3 is 54.0 Å². The Morgan fingerprint density at radius 3 is 0.896 bits per heavy atom. The monoisotopic (exact) mass is 788 g/mol. The molecule has 0 unspecified atom stereocenters. The van der Waals surface area contributed by atoms with E-state index >= 15 is 0 Å². The second-order valence-corrected chi connectivity index (χ2v) is 11.6. The molecular weight excluding hydrogens is 746 g/mol. The Labute approximate surface area is 316 Å². The molecule has 0 spiro atoms. The number of halogens is 2. The van der Waals surface area contributed by atoms with Crippen molar-refractivity contribution in [2.24, 2.45) is 0 Å². The van der Waals surface area contributed by atoms with Crippen LogP contribution in [0.3, 0.4) is 0 Å². The van der Waals surface area contributed by atoms with E-state index in [2.05, 4.69) is 100 Å². The van der Waals surface area contributed by atoms with Gasteiger partial charge in [-0.1, -0.05) is 64.1 Å². The van der Waals surface area contributed by atoms with Gasteiger partial charge < -0.3 is 18.9 Å². The molecular formula is C40H46Cl2O4Zn2. The summed E-state index contributed by atoms with van der Waals surface area (Å²) in [6, 6.07) is 28.2. The van der Waals surface area contributed by atoms with Crippen molar-refractivity contribution in [2.75, 3.05) is 26.4 Å². The fourth-order valence-electron chi connectivity index (χ4n) is 5.90. The van der Waals surface area contributed by atoms with Crippen LogP contribution in [0, 0.1) is 12.1 Å². The summed E-state index contributed by atoms with van der Waals surface area (Å²) in [6.45, 7) is 11.3. The third-order valence-corrected chi connectivity index (χ3v) is 7.88. The van der Waals surface area contributed by atoms with Crippen LogP contribution in [-0.4, -0.2) is 26.4 Å². The molecule has 1 aliphatic rings. The summed E-state index contributed by atoms with van der Waals surface area (Å²) in [5, 5.41) is 0. The van der Waals surface area contributed by atoms with Crippen LogP contribution >= 0.6 is 19.4 Å². The third kappa shape index (κ3) is 11.0. The molecule has 8 bridgehead atoms. The van der Waals surface area contributed by atoms with Crippen molar-refractivity contribution in [1.29, 1.82) is 0 Å². The van der Waals surface area contributed by atoms with Crippen molar-refractivity contribution in [2.45, 2.75) is 79.1 Å². The van der Waals surface area contributed by atoms with Crippen molar-refractivity contribution in [3.8, 4) is 23.0 Å². The third-order valence-electron chi connectivity index (χ3n) is 7.88. The number of hydrogen-bond donors (Lipinski definition) is 0. The average molecular weight is 792 g/mol. The molecule has 4 nitrogen and oxygen atoms in total. The van der Waals surface area contributed by atoms with Crippen LogP contribution in [-0.2, 0) is 60.3 Å². The van der Waals surface area contributed by atoms with Crippen molar-refractivity contribution in [1.82, 2.24) is 0 Å². The number of ether oxygens (including phenoxy) is 4. The second-order valence-electron chi connectivity index (χ2n) is 11.6. The Bertz CT molecular complexity index is 1240. The molecule has 5 rings (SSSR count). The Morgan fingerprint density at radius 1 is 0.438 bits per heavy atom. The van der Waals surface area contributed by atoms with Crippen LogP contribution in [0.1, 0.15) is 97.9 Å². The van der Waals surface area contributed by atoms with Crippen LogP contribution in [0.2, 0.25) is 0 Å². The molecule has 8 heteroatoms. The molecule has 1 aliphatic carbocycles. The number of benzene rings is 4. The average Bonchev–Trinajstić information content (AvgIpc) is 3.12. The molecule has 0 saturated carbocycles. The minimum absolute atomic E-state index is 0.661. The summed E-state index contributed by atoms with van der Waals surface area (Å²) < 4.78 is 26.1. The van der Waals surface area contributed by atoms with E-state index in [1.807, 2.05) is 0 Å². The van der Waals surface area contributed by atoms with Gasteiger partial charge in [-0.2, -0.15) is 36.4 Å². The van der Waals surface area contributed by atoms with Gasteiger partial charge in [-0.3, -0.25) is 0 Å². The van der Waals surface area contributed by atoms with Gasteiger partial charge in [0.2, 0.25) is 0 Å². The molecule has 0 atom stereocenters. The number of hydrogen-bond acceptors (Lipinski definition) is 4. The van der Waals surface area contributed by atoms with Crippen LogP contribution in [0.4, 0.5) is 0 Å². The molecule has 248 valence electrons. The van der Waals surface area contributed by atoms with E-state index in [1.54, 1.807) is 0 Å². The van der Waals surface area contributed by atoms with E-state index in [-0.39, 0.29) is 0 Å². The van der Waals surface area contributed by atoms with Gasteiger partial charge in [0.05, 0.1) is 26.4 Å². The van der Waals surface area contributed by atoms with E-state index in [1.165, 1.54) is 0 Å². The summed E-state index contributed by atoms with van der Waals surface area (Å²) >= 11 is 1.69. The Hall–Kier alpha value is -2.09. The van der Waals surface area contributed by atoms with Gasteiger partial charge in [0.25, 0.3) is 0 Å². The Morgan fingerprint density at radius 2 is 0.667 bits per heavy atom. The number of rotatable bonds is 12. The van der Waals surface area contributed by atoms with Crippen molar-refractivity contribution >= 4 is 19.4 Å². The van der Waals surface area contributed by atoms with E-state index in [9.17, 15) is 0 Å². The van der Waals surface area contributed by atoms with Gasteiger partial charge in [0.15, 0.2) is 0 Å². The molecule has 0 N–H and O–H groups in total. The molecule has 4 aromatic rings. The maximum absolute atomic E-state index is 6.52. The quantitative estimate of drug-likeness (QED) is 0.0932.